The molecule has 4 rings (SSSR count). The van der Waals surface area contributed by atoms with Crippen molar-refractivity contribution in [1.82, 2.24) is 19.4 Å². The number of amides is 2. The summed E-state index contributed by atoms with van der Waals surface area (Å²) in [4.78, 5) is 34.8. The molecule has 0 radical (unpaired) electrons. The number of nitrogens with one attached hydrogen (secondary N) is 1. The highest BCUT2D eigenvalue weighted by Crippen LogP contribution is 2.21. The lowest BCUT2D eigenvalue weighted by Gasteiger charge is -2.30. The number of thiazole rings is 1. The number of carbonyl (C=O) groups excluding carboxylic acids is 2. The van der Waals surface area contributed by atoms with Crippen molar-refractivity contribution in [2.45, 2.75) is 31.8 Å². The average Bonchev–Trinajstić information content (AvgIpc) is 3.39. The summed E-state index contributed by atoms with van der Waals surface area (Å²) in [5, 5.41) is 5.32. The molecule has 4 heterocycles. The van der Waals surface area contributed by atoms with Gasteiger partial charge >= 0.3 is 0 Å². The van der Waals surface area contributed by atoms with Gasteiger partial charge in [-0.15, -0.1) is 11.3 Å². The van der Waals surface area contributed by atoms with E-state index in [1.807, 2.05) is 53.5 Å². The molecular weight excluding hydrogens is 398 g/mol. The number of hydrogen-bond donors (Lipinski definition) is 1. The van der Waals surface area contributed by atoms with Crippen LogP contribution in [-0.4, -0.2) is 44.3 Å². The van der Waals surface area contributed by atoms with Gasteiger partial charge in [0.25, 0.3) is 5.91 Å². The van der Waals surface area contributed by atoms with Crippen molar-refractivity contribution >= 4 is 34.4 Å². The lowest BCUT2D eigenvalue weighted by molar-refractivity contribution is -0.133. The number of likely N-dealkylation sites (N-methyl/N-ethyl adjacent to an activating group) is 1. The lowest BCUT2D eigenvalue weighted by atomic mass is 10.0. The molecule has 8 heteroatoms. The molecule has 0 aromatic carbocycles. The van der Waals surface area contributed by atoms with E-state index in [0.717, 1.165) is 24.1 Å². The van der Waals surface area contributed by atoms with Crippen molar-refractivity contribution in [2.24, 2.45) is 0 Å². The molecule has 1 aliphatic heterocycles. The van der Waals surface area contributed by atoms with Crippen molar-refractivity contribution in [1.29, 1.82) is 0 Å². The van der Waals surface area contributed by atoms with Crippen LogP contribution in [0.5, 0.6) is 0 Å². The van der Waals surface area contributed by atoms with E-state index in [2.05, 4.69) is 15.3 Å². The summed E-state index contributed by atoms with van der Waals surface area (Å²) in [5.74, 6) is -0.0200. The van der Waals surface area contributed by atoms with Crippen molar-refractivity contribution in [2.75, 3.05) is 12.4 Å². The maximum absolute atomic E-state index is 12.7. The molecule has 1 N–H and O–H groups in total. The normalized spacial score (nSPS) is 16.9. The fourth-order valence-electron chi connectivity index (χ4n) is 3.48. The molecule has 1 atom stereocenters. The van der Waals surface area contributed by atoms with Crippen LogP contribution in [0.15, 0.2) is 54.3 Å². The van der Waals surface area contributed by atoms with Gasteiger partial charge in [0.2, 0.25) is 5.91 Å². The molecule has 0 aliphatic carbocycles. The van der Waals surface area contributed by atoms with E-state index in [-0.39, 0.29) is 17.9 Å². The molecule has 1 aliphatic rings. The van der Waals surface area contributed by atoms with Crippen LogP contribution in [-0.2, 0) is 11.3 Å². The van der Waals surface area contributed by atoms with E-state index in [1.54, 1.807) is 23.4 Å². The molecule has 3 aromatic rings. The Labute approximate surface area is 179 Å². The van der Waals surface area contributed by atoms with E-state index in [9.17, 15) is 9.59 Å². The number of nitrogens with zero attached hydrogens (tertiary/aromatic N) is 4. The number of carbonyl (C=O) groups is 2. The molecule has 0 bridgehead atoms. The molecule has 1 saturated heterocycles. The summed E-state index contributed by atoms with van der Waals surface area (Å²) in [6, 6.07) is 7.61. The predicted molar refractivity (Wildman–Crippen MR) is 117 cm³/mol. The number of rotatable bonds is 6. The van der Waals surface area contributed by atoms with Crippen molar-refractivity contribution in [3.8, 4) is 0 Å². The summed E-state index contributed by atoms with van der Waals surface area (Å²) in [7, 11) is 1.84. The molecule has 30 heavy (non-hydrogen) atoms. The average molecular weight is 422 g/mol. The number of aromatic nitrogens is 3. The Morgan fingerprint density at radius 2 is 2.17 bits per heavy atom. The van der Waals surface area contributed by atoms with Crippen LogP contribution in [0.2, 0.25) is 0 Å². The second kappa shape index (κ2) is 9.04. The Morgan fingerprint density at radius 1 is 1.33 bits per heavy atom. The van der Waals surface area contributed by atoms with E-state index in [4.69, 9.17) is 0 Å². The summed E-state index contributed by atoms with van der Waals surface area (Å²) >= 11 is 1.38. The first-order valence-electron chi connectivity index (χ1n) is 9.85. The Morgan fingerprint density at radius 3 is 3.00 bits per heavy atom. The van der Waals surface area contributed by atoms with Gasteiger partial charge in [0.05, 0.1) is 11.7 Å². The van der Waals surface area contributed by atoms with Gasteiger partial charge < -0.3 is 9.47 Å². The Bertz CT molecular complexity index is 1060. The summed E-state index contributed by atoms with van der Waals surface area (Å²) < 4.78 is 1.90. The minimum atomic E-state index is -0.198. The second-order valence-electron chi connectivity index (χ2n) is 7.23. The highest BCUT2D eigenvalue weighted by atomic mass is 32.1. The zero-order chi connectivity index (χ0) is 20.9. The predicted octanol–water partition coefficient (Wildman–Crippen LogP) is 3.66. The van der Waals surface area contributed by atoms with Crippen LogP contribution >= 0.6 is 11.3 Å². The van der Waals surface area contributed by atoms with Crippen molar-refractivity contribution in [3.63, 3.8) is 0 Å². The molecule has 154 valence electrons. The van der Waals surface area contributed by atoms with Gasteiger partial charge in [-0.25, -0.2) is 4.98 Å². The third-order valence-electron chi connectivity index (χ3n) is 5.18. The van der Waals surface area contributed by atoms with Crippen LogP contribution in [0.1, 0.15) is 41.0 Å². The SMILES string of the molecule is CN1C(=O)CCCC1C=Cc1csc(NC(=O)c2cccn2Cc2ccncc2)n1. The summed E-state index contributed by atoms with van der Waals surface area (Å²) in [6.07, 6.45) is 11.8. The first-order chi connectivity index (χ1) is 14.6. The first kappa shape index (κ1) is 20.0. The van der Waals surface area contributed by atoms with Crippen LogP contribution in [0.4, 0.5) is 5.13 Å². The van der Waals surface area contributed by atoms with Crippen molar-refractivity contribution in [3.05, 3.63) is 71.3 Å². The molecule has 7 nitrogen and oxygen atoms in total. The summed E-state index contributed by atoms with van der Waals surface area (Å²) in [5.41, 5.74) is 2.42. The van der Waals surface area contributed by atoms with E-state index < -0.39 is 0 Å². The highest BCUT2D eigenvalue weighted by Gasteiger charge is 2.22. The maximum atomic E-state index is 12.7. The maximum Gasteiger partial charge on any atom is 0.274 e. The largest absolute Gasteiger partial charge is 0.339 e. The second-order valence-corrected chi connectivity index (χ2v) is 8.09. The fraction of sp³-hybridized carbons (Fsp3) is 0.273. The van der Waals surface area contributed by atoms with Crippen LogP contribution in [0.25, 0.3) is 6.08 Å². The van der Waals surface area contributed by atoms with E-state index in [0.29, 0.717) is 23.8 Å². The minimum Gasteiger partial charge on any atom is -0.339 e. The Hall–Kier alpha value is -3.26. The smallest absolute Gasteiger partial charge is 0.274 e. The first-order valence-corrected chi connectivity index (χ1v) is 10.7. The zero-order valence-electron chi connectivity index (χ0n) is 16.7. The number of piperidine rings is 1. The fourth-order valence-corrected chi connectivity index (χ4v) is 4.15. The zero-order valence-corrected chi connectivity index (χ0v) is 17.5. The number of pyridine rings is 1. The van der Waals surface area contributed by atoms with Crippen LogP contribution < -0.4 is 5.32 Å². The minimum absolute atomic E-state index is 0.0995. The van der Waals surface area contributed by atoms with Gasteiger partial charge in [-0.3, -0.25) is 19.9 Å². The van der Waals surface area contributed by atoms with Gasteiger partial charge in [0, 0.05) is 44.0 Å². The van der Waals surface area contributed by atoms with E-state index >= 15 is 0 Å². The Balaban J connectivity index is 1.39. The van der Waals surface area contributed by atoms with Gasteiger partial charge in [0.15, 0.2) is 5.13 Å². The highest BCUT2D eigenvalue weighted by molar-refractivity contribution is 7.14. The molecule has 1 fully saturated rings. The standard InChI is InChI=1S/C22H23N5O2S/c1-26-18(4-2-6-20(26)28)8-7-17-15-30-22(24-17)25-21(29)19-5-3-13-27(19)14-16-9-11-23-12-10-16/h3,5,7-13,15,18H,2,4,6,14H2,1H3,(H,24,25,29). The van der Waals surface area contributed by atoms with E-state index in [1.165, 1.54) is 11.3 Å². The third kappa shape index (κ3) is 4.65. The monoisotopic (exact) mass is 421 g/mol. The molecule has 0 saturated carbocycles. The quantitative estimate of drug-likeness (QED) is 0.659. The molecular formula is C22H23N5O2S. The summed E-state index contributed by atoms with van der Waals surface area (Å²) in [6.45, 7) is 0.595. The topological polar surface area (TPSA) is 80.1 Å². The molecule has 3 aromatic heterocycles. The number of likely N-dealkylation sites (tertiary alicyclic amines) is 1. The van der Waals surface area contributed by atoms with Gasteiger partial charge in [-0.2, -0.15) is 0 Å². The lowest BCUT2D eigenvalue weighted by Crippen LogP contribution is -2.39. The van der Waals surface area contributed by atoms with Crippen molar-refractivity contribution < 1.29 is 9.59 Å². The molecule has 0 spiro atoms. The number of anilines is 1. The Kier molecular flexibility index (Phi) is 6.04. The van der Waals surface area contributed by atoms with Crippen LogP contribution in [0.3, 0.4) is 0 Å². The molecule has 1 unspecified atom stereocenters. The van der Waals surface area contributed by atoms with Gasteiger partial charge in [0.1, 0.15) is 5.69 Å². The number of hydrogen-bond acceptors (Lipinski definition) is 5. The van der Waals surface area contributed by atoms with Gasteiger partial charge in [-0.1, -0.05) is 6.08 Å². The van der Waals surface area contributed by atoms with Crippen LogP contribution in [0, 0.1) is 0 Å². The molecule has 2 amide bonds. The third-order valence-corrected chi connectivity index (χ3v) is 5.95. The van der Waals surface area contributed by atoms with Gasteiger partial charge in [-0.05, 0) is 48.7 Å².